The highest BCUT2D eigenvalue weighted by Gasteiger charge is 2.32. The van der Waals surface area contributed by atoms with Gasteiger partial charge < -0.3 is 0 Å². The van der Waals surface area contributed by atoms with E-state index in [2.05, 4.69) is 206 Å². The molecule has 1 aliphatic carbocycles. The molecule has 1 aliphatic rings. The predicted octanol–water partition coefficient (Wildman–Crippen LogP) is 15.7. The predicted molar refractivity (Wildman–Crippen MR) is 246 cm³/mol. The zero-order valence-corrected chi connectivity index (χ0v) is 31.7. The van der Waals surface area contributed by atoms with Crippen LogP contribution in [0.5, 0.6) is 0 Å². The number of benzene rings is 10. The van der Waals surface area contributed by atoms with Crippen molar-refractivity contribution in [1.29, 1.82) is 0 Å². The van der Waals surface area contributed by atoms with E-state index in [0.717, 1.165) is 16.6 Å². The fraction of sp³-hybridized carbons (Fsp3) is 0. The molecule has 0 N–H and O–H groups in total. The molecule has 0 unspecified atom stereocenters. The SMILES string of the molecule is c1ccc(-c2ccc3c(c2)cc2c4c(cc(-c5ccccc5)cc43)-c3c-2c(-c2ccccc2)c2ccc(-c4nccc5ccccc45)cc2c3-c2ccccc2)cc1. The Labute approximate surface area is 337 Å². The van der Waals surface area contributed by atoms with Gasteiger partial charge in [-0.25, -0.2) is 0 Å². The van der Waals surface area contributed by atoms with Crippen LogP contribution in [-0.4, -0.2) is 4.98 Å². The van der Waals surface area contributed by atoms with Crippen molar-refractivity contribution in [3.8, 4) is 78.0 Å². The number of hydrogen-bond donors (Lipinski definition) is 0. The summed E-state index contributed by atoms with van der Waals surface area (Å²) in [5, 5.41) is 9.90. The van der Waals surface area contributed by atoms with Crippen molar-refractivity contribution >= 4 is 43.1 Å². The molecule has 0 fully saturated rings. The molecule has 1 aromatic heterocycles. The molecule has 0 amide bonds. The third-order valence-electron chi connectivity index (χ3n) is 12.2. The Hall–Kier alpha value is -7.61. The minimum Gasteiger partial charge on any atom is -0.256 e. The average Bonchev–Trinajstić information content (AvgIpc) is 3.62. The minimum absolute atomic E-state index is 0.998. The van der Waals surface area contributed by atoms with Crippen molar-refractivity contribution in [2.45, 2.75) is 0 Å². The molecule has 0 aliphatic heterocycles. The zero-order valence-electron chi connectivity index (χ0n) is 31.7. The van der Waals surface area contributed by atoms with Gasteiger partial charge in [-0.3, -0.25) is 4.98 Å². The summed E-state index contributed by atoms with van der Waals surface area (Å²) in [7, 11) is 0. The summed E-state index contributed by atoms with van der Waals surface area (Å²) in [5.74, 6) is 0. The largest absolute Gasteiger partial charge is 0.256 e. The lowest BCUT2D eigenvalue weighted by Gasteiger charge is -2.21. The maximum absolute atomic E-state index is 5.01. The van der Waals surface area contributed by atoms with Gasteiger partial charge in [0.1, 0.15) is 0 Å². The Kier molecular flexibility index (Phi) is 7.30. The molecule has 268 valence electrons. The standard InChI is InChI=1S/C57H35N/c1-5-15-36(16-6-1)41-25-27-45-44(31-41)35-51-54-48(45)33-43(37-17-7-2-8-18-37)34-50(54)56-53(40-22-11-4-12-23-40)49-32-42(57-46-24-14-13-19-38(46)29-30-58-57)26-28-47(49)52(55(51)56)39-20-9-3-10-21-39/h1-35H. The lowest BCUT2D eigenvalue weighted by Crippen LogP contribution is -1.95. The van der Waals surface area contributed by atoms with Gasteiger partial charge in [0.15, 0.2) is 0 Å². The minimum atomic E-state index is 0.998. The Balaban J connectivity index is 1.27. The van der Waals surface area contributed by atoms with Gasteiger partial charge in [0.2, 0.25) is 0 Å². The lowest BCUT2D eigenvalue weighted by molar-refractivity contribution is 1.36. The summed E-state index contributed by atoms with van der Waals surface area (Å²) < 4.78 is 0. The van der Waals surface area contributed by atoms with Crippen LogP contribution in [0.15, 0.2) is 212 Å². The number of hydrogen-bond acceptors (Lipinski definition) is 1. The maximum atomic E-state index is 5.01. The monoisotopic (exact) mass is 733 g/mol. The first-order valence-electron chi connectivity index (χ1n) is 20.0. The Morgan fingerprint density at radius 2 is 0.793 bits per heavy atom. The summed E-state index contributed by atoms with van der Waals surface area (Å²) >= 11 is 0. The highest BCUT2D eigenvalue weighted by Crippen LogP contribution is 2.59. The molecule has 1 heteroatoms. The van der Waals surface area contributed by atoms with Crippen LogP contribution in [0.2, 0.25) is 0 Å². The first-order valence-corrected chi connectivity index (χ1v) is 20.0. The van der Waals surface area contributed by atoms with Crippen LogP contribution in [0.3, 0.4) is 0 Å². The van der Waals surface area contributed by atoms with Crippen LogP contribution >= 0.6 is 0 Å². The number of fused-ring (bicyclic) bond motifs is 7. The first-order chi connectivity index (χ1) is 28.8. The van der Waals surface area contributed by atoms with Crippen LogP contribution in [0.25, 0.3) is 121 Å². The van der Waals surface area contributed by atoms with E-state index in [4.69, 9.17) is 4.98 Å². The van der Waals surface area contributed by atoms with Gasteiger partial charge in [0.25, 0.3) is 0 Å². The Morgan fingerprint density at radius 1 is 0.259 bits per heavy atom. The third kappa shape index (κ3) is 5.00. The van der Waals surface area contributed by atoms with E-state index < -0.39 is 0 Å². The van der Waals surface area contributed by atoms with Gasteiger partial charge >= 0.3 is 0 Å². The van der Waals surface area contributed by atoms with Crippen molar-refractivity contribution in [2.24, 2.45) is 0 Å². The number of aromatic nitrogens is 1. The fourth-order valence-corrected chi connectivity index (χ4v) is 9.63. The van der Waals surface area contributed by atoms with E-state index >= 15 is 0 Å². The molecule has 10 aromatic carbocycles. The van der Waals surface area contributed by atoms with E-state index in [1.165, 1.54) is 104 Å². The van der Waals surface area contributed by atoms with Crippen LogP contribution in [0.4, 0.5) is 0 Å². The molecule has 1 heterocycles. The van der Waals surface area contributed by atoms with Crippen molar-refractivity contribution in [1.82, 2.24) is 4.98 Å². The molecule has 0 saturated heterocycles. The second-order valence-electron chi connectivity index (χ2n) is 15.4. The smallest absolute Gasteiger partial charge is 0.0780 e. The van der Waals surface area contributed by atoms with E-state index in [1.807, 2.05) is 6.20 Å². The van der Waals surface area contributed by atoms with Gasteiger partial charge in [-0.15, -0.1) is 0 Å². The van der Waals surface area contributed by atoms with Gasteiger partial charge in [0, 0.05) is 17.1 Å². The van der Waals surface area contributed by atoms with Crippen molar-refractivity contribution < 1.29 is 0 Å². The van der Waals surface area contributed by atoms with Gasteiger partial charge in [-0.05, 0) is 141 Å². The first kappa shape index (κ1) is 32.6. The number of rotatable bonds is 5. The normalized spacial score (nSPS) is 11.8. The second kappa shape index (κ2) is 13.0. The van der Waals surface area contributed by atoms with E-state index in [0.29, 0.717) is 0 Å². The summed E-state index contributed by atoms with van der Waals surface area (Å²) in [6.07, 6.45) is 1.94. The Bertz CT molecular complexity index is 3400. The third-order valence-corrected chi connectivity index (χ3v) is 12.2. The van der Waals surface area contributed by atoms with Gasteiger partial charge in [-0.2, -0.15) is 0 Å². The molecule has 11 aromatic rings. The molecule has 0 radical (unpaired) electrons. The van der Waals surface area contributed by atoms with Crippen LogP contribution < -0.4 is 0 Å². The van der Waals surface area contributed by atoms with E-state index in [1.54, 1.807) is 0 Å². The van der Waals surface area contributed by atoms with E-state index in [9.17, 15) is 0 Å². The highest BCUT2D eigenvalue weighted by molar-refractivity contribution is 6.32. The van der Waals surface area contributed by atoms with Crippen molar-refractivity contribution in [3.63, 3.8) is 0 Å². The summed E-state index contributed by atoms with van der Waals surface area (Å²) in [6.45, 7) is 0. The van der Waals surface area contributed by atoms with Gasteiger partial charge in [-0.1, -0.05) is 170 Å². The quantitative estimate of drug-likeness (QED) is 0.161. The topological polar surface area (TPSA) is 12.9 Å². The number of nitrogens with zero attached hydrogens (tertiary/aromatic N) is 1. The Morgan fingerprint density at radius 3 is 1.48 bits per heavy atom. The molecular formula is C57H35N. The molecule has 58 heavy (non-hydrogen) atoms. The summed E-state index contributed by atoms with van der Waals surface area (Å²) in [4.78, 5) is 5.01. The van der Waals surface area contributed by atoms with Crippen molar-refractivity contribution in [3.05, 3.63) is 212 Å². The maximum Gasteiger partial charge on any atom is 0.0780 e. The summed E-state index contributed by atoms with van der Waals surface area (Å²) in [6, 6.07) is 75.8. The highest BCUT2D eigenvalue weighted by atomic mass is 14.7. The second-order valence-corrected chi connectivity index (χ2v) is 15.4. The number of pyridine rings is 1. The zero-order chi connectivity index (χ0) is 38.2. The molecule has 12 rings (SSSR count). The lowest BCUT2D eigenvalue weighted by atomic mass is 9.81. The average molecular weight is 734 g/mol. The molecule has 0 atom stereocenters. The molecule has 0 saturated carbocycles. The van der Waals surface area contributed by atoms with E-state index in [-0.39, 0.29) is 0 Å². The molecule has 0 spiro atoms. The van der Waals surface area contributed by atoms with Crippen molar-refractivity contribution in [2.75, 3.05) is 0 Å². The van der Waals surface area contributed by atoms with Gasteiger partial charge in [0.05, 0.1) is 5.69 Å². The van der Waals surface area contributed by atoms with Crippen LogP contribution in [0, 0.1) is 0 Å². The van der Waals surface area contributed by atoms with Crippen LogP contribution in [0.1, 0.15) is 0 Å². The molecular weight excluding hydrogens is 699 g/mol. The fourth-order valence-electron chi connectivity index (χ4n) is 9.63. The molecule has 0 bridgehead atoms. The molecule has 1 nitrogen and oxygen atoms in total. The van der Waals surface area contributed by atoms with Crippen LogP contribution in [-0.2, 0) is 0 Å². The summed E-state index contributed by atoms with van der Waals surface area (Å²) in [5.41, 5.74) is 17.1.